The standard InChI is InChI=1S/C13H27N3O3S/c1-13(2,15-8-10-19-11-9-15)12-14-20(17,18)16-6-4-3-5-7-16/h14H,3-12H2,1-2H3. The summed E-state index contributed by atoms with van der Waals surface area (Å²) in [6.07, 6.45) is 3.06. The van der Waals surface area contributed by atoms with Gasteiger partial charge < -0.3 is 4.74 Å². The van der Waals surface area contributed by atoms with Crippen LogP contribution in [-0.4, -0.2) is 69.1 Å². The molecule has 0 aromatic heterocycles. The maximum absolute atomic E-state index is 12.3. The minimum atomic E-state index is -3.33. The molecule has 0 bridgehead atoms. The van der Waals surface area contributed by atoms with Crippen molar-refractivity contribution in [2.75, 3.05) is 45.9 Å². The van der Waals surface area contributed by atoms with Crippen molar-refractivity contribution in [3.05, 3.63) is 0 Å². The van der Waals surface area contributed by atoms with Crippen LogP contribution in [0.2, 0.25) is 0 Å². The van der Waals surface area contributed by atoms with Gasteiger partial charge in [0.05, 0.1) is 13.2 Å². The highest BCUT2D eigenvalue weighted by molar-refractivity contribution is 7.87. The fourth-order valence-electron chi connectivity index (χ4n) is 2.74. The molecule has 0 aromatic rings. The second kappa shape index (κ2) is 6.70. The van der Waals surface area contributed by atoms with E-state index in [1.54, 1.807) is 4.31 Å². The fourth-order valence-corrected chi connectivity index (χ4v) is 4.20. The van der Waals surface area contributed by atoms with Crippen LogP contribution in [0.25, 0.3) is 0 Å². The lowest BCUT2D eigenvalue weighted by molar-refractivity contribution is -0.00814. The number of nitrogens with zero attached hydrogens (tertiary/aromatic N) is 2. The van der Waals surface area contributed by atoms with Crippen LogP contribution in [0.5, 0.6) is 0 Å². The molecule has 6 nitrogen and oxygen atoms in total. The number of ether oxygens (including phenoxy) is 1. The lowest BCUT2D eigenvalue weighted by Gasteiger charge is -2.41. The van der Waals surface area contributed by atoms with E-state index in [2.05, 4.69) is 23.5 Å². The normalized spacial score (nSPS) is 23.9. The minimum absolute atomic E-state index is 0.188. The van der Waals surface area contributed by atoms with Crippen molar-refractivity contribution in [1.82, 2.24) is 13.9 Å². The molecule has 0 amide bonds. The first-order valence-corrected chi connectivity index (χ1v) is 8.93. The Morgan fingerprint density at radius 2 is 1.65 bits per heavy atom. The third-order valence-electron chi connectivity index (χ3n) is 4.21. The monoisotopic (exact) mass is 305 g/mol. The van der Waals surface area contributed by atoms with Gasteiger partial charge in [-0.05, 0) is 26.7 Å². The van der Waals surface area contributed by atoms with Gasteiger partial charge >= 0.3 is 0 Å². The Balaban J connectivity index is 1.88. The van der Waals surface area contributed by atoms with Gasteiger partial charge in [-0.3, -0.25) is 4.90 Å². The lowest BCUT2D eigenvalue weighted by atomic mass is 10.0. The molecule has 2 aliphatic heterocycles. The molecule has 1 N–H and O–H groups in total. The van der Waals surface area contributed by atoms with E-state index >= 15 is 0 Å². The van der Waals surface area contributed by atoms with Gasteiger partial charge in [0.1, 0.15) is 0 Å². The zero-order chi connectivity index (χ0) is 14.6. The largest absolute Gasteiger partial charge is 0.379 e. The molecule has 2 saturated heterocycles. The summed E-state index contributed by atoms with van der Waals surface area (Å²) in [5.41, 5.74) is -0.188. The summed E-state index contributed by atoms with van der Waals surface area (Å²) in [6, 6.07) is 0. The first kappa shape index (κ1) is 16.2. The van der Waals surface area contributed by atoms with E-state index in [1.165, 1.54) is 0 Å². The third-order valence-corrected chi connectivity index (χ3v) is 5.76. The highest BCUT2D eigenvalue weighted by Gasteiger charge is 2.31. The second-order valence-corrected chi connectivity index (χ2v) is 7.95. The van der Waals surface area contributed by atoms with Gasteiger partial charge in [0.25, 0.3) is 10.2 Å². The van der Waals surface area contributed by atoms with Crippen LogP contribution in [0.4, 0.5) is 0 Å². The molecule has 0 saturated carbocycles. The number of morpholine rings is 1. The first-order chi connectivity index (χ1) is 9.42. The van der Waals surface area contributed by atoms with Crippen molar-refractivity contribution < 1.29 is 13.2 Å². The molecule has 0 unspecified atom stereocenters. The Labute approximate surface area is 122 Å². The maximum Gasteiger partial charge on any atom is 0.279 e. The zero-order valence-corrected chi connectivity index (χ0v) is 13.4. The van der Waals surface area contributed by atoms with E-state index in [0.717, 1.165) is 45.6 Å². The first-order valence-electron chi connectivity index (χ1n) is 7.49. The van der Waals surface area contributed by atoms with Crippen molar-refractivity contribution in [2.24, 2.45) is 0 Å². The van der Waals surface area contributed by atoms with Gasteiger partial charge in [0.15, 0.2) is 0 Å². The Morgan fingerprint density at radius 3 is 2.25 bits per heavy atom. The summed E-state index contributed by atoms with van der Waals surface area (Å²) < 4.78 is 34.3. The van der Waals surface area contributed by atoms with Gasteiger partial charge in [-0.2, -0.15) is 12.7 Å². The van der Waals surface area contributed by atoms with Gasteiger partial charge in [-0.1, -0.05) is 6.42 Å². The topological polar surface area (TPSA) is 61.9 Å². The Morgan fingerprint density at radius 1 is 1.05 bits per heavy atom. The van der Waals surface area contributed by atoms with Crippen LogP contribution in [0.3, 0.4) is 0 Å². The number of hydrogen-bond acceptors (Lipinski definition) is 4. The number of nitrogens with one attached hydrogen (secondary N) is 1. The van der Waals surface area contributed by atoms with Crippen LogP contribution in [0.1, 0.15) is 33.1 Å². The van der Waals surface area contributed by atoms with Gasteiger partial charge in [0, 0.05) is 38.3 Å². The average Bonchev–Trinajstić information content (AvgIpc) is 2.47. The van der Waals surface area contributed by atoms with E-state index in [9.17, 15) is 8.42 Å². The van der Waals surface area contributed by atoms with Crippen LogP contribution >= 0.6 is 0 Å². The van der Waals surface area contributed by atoms with Crippen molar-refractivity contribution in [3.8, 4) is 0 Å². The summed E-state index contributed by atoms with van der Waals surface area (Å²) in [6.45, 7) is 9.06. The highest BCUT2D eigenvalue weighted by atomic mass is 32.2. The Kier molecular flexibility index (Phi) is 5.42. The SMILES string of the molecule is CC(C)(CNS(=O)(=O)N1CCCCC1)N1CCOCC1. The molecule has 0 aliphatic carbocycles. The highest BCUT2D eigenvalue weighted by Crippen LogP contribution is 2.17. The smallest absolute Gasteiger partial charge is 0.279 e. The molecule has 0 atom stereocenters. The van der Waals surface area contributed by atoms with Crippen molar-refractivity contribution in [3.63, 3.8) is 0 Å². The van der Waals surface area contributed by atoms with E-state index in [0.29, 0.717) is 19.6 Å². The molecule has 0 aromatic carbocycles. The summed E-state index contributed by atoms with van der Waals surface area (Å²) in [5.74, 6) is 0. The number of rotatable bonds is 5. The average molecular weight is 305 g/mol. The van der Waals surface area contributed by atoms with Crippen LogP contribution in [0, 0.1) is 0 Å². The van der Waals surface area contributed by atoms with Crippen molar-refractivity contribution >= 4 is 10.2 Å². The van der Waals surface area contributed by atoms with Crippen LogP contribution in [-0.2, 0) is 14.9 Å². The minimum Gasteiger partial charge on any atom is -0.379 e. The molecule has 2 rings (SSSR count). The second-order valence-electron chi connectivity index (χ2n) is 6.20. The lowest BCUT2D eigenvalue weighted by Crippen LogP contribution is -2.56. The Bertz CT molecular complexity index is 399. The summed E-state index contributed by atoms with van der Waals surface area (Å²) in [5, 5.41) is 0. The molecule has 20 heavy (non-hydrogen) atoms. The molecule has 118 valence electrons. The maximum atomic E-state index is 12.3. The molecule has 2 heterocycles. The zero-order valence-electron chi connectivity index (χ0n) is 12.6. The number of piperidine rings is 1. The van der Waals surface area contributed by atoms with E-state index in [4.69, 9.17) is 4.74 Å². The van der Waals surface area contributed by atoms with Crippen molar-refractivity contribution in [1.29, 1.82) is 0 Å². The molecular weight excluding hydrogens is 278 g/mol. The molecule has 0 spiro atoms. The third kappa shape index (κ3) is 4.14. The quantitative estimate of drug-likeness (QED) is 0.799. The molecule has 2 aliphatic rings. The molecular formula is C13H27N3O3S. The predicted octanol–water partition coefficient (Wildman–Crippen LogP) is 0.418. The summed E-state index contributed by atoms with van der Waals surface area (Å²) in [7, 11) is -3.33. The molecule has 2 fully saturated rings. The van der Waals surface area contributed by atoms with Gasteiger partial charge in [0.2, 0.25) is 0 Å². The van der Waals surface area contributed by atoms with Gasteiger partial charge in [-0.25, -0.2) is 4.72 Å². The van der Waals surface area contributed by atoms with Crippen LogP contribution < -0.4 is 4.72 Å². The number of hydrogen-bond donors (Lipinski definition) is 1. The van der Waals surface area contributed by atoms with E-state index in [-0.39, 0.29) is 5.54 Å². The Hall–Kier alpha value is -0.210. The van der Waals surface area contributed by atoms with E-state index in [1.807, 2.05) is 0 Å². The predicted molar refractivity (Wildman–Crippen MR) is 78.8 cm³/mol. The summed E-state index contributed by atoms with van der Waals surface area (Å²) >= 11 is 0. The fraction of sp³-hybridized carbons (Fsp3) is 1.00. The van der Waals surface area contributed by atoms with Crippen LogP contribution in [0.15, 0.2) is 0 Å². The summed E-state index contributed by atoms with van der Waals surface area (Å²) in [4.78, 5) is 2.29. The van der Waals surface area contributed by atoms with Gasteiger partial charge in [-0.15, -0.1) is 0 Å². The van der Waals surface area contributed by atoms with Crippen molar-refractivity contribution in [2.45, 2.75) is 38.6 Å². The van der Waals surface area contributed by atoms with E-state index < -0.39 is 10.2 Å². The molecule has 0 radical (unpaired) electrons. The molecule has 7 heteroatoms.